The zero-order valence-electron chi connectivity index (χ0n) is 13.3. The van der Waals surface area contributed by atoms with Crippen molar-refractivity contribution in [1.29, 1.82) is 0 Å². The van der Waals surface area contributed by atoms with Crippen LogP contribution in [0.25, 0.3) is 0 Å². The van der Waals surface area contributed by atoms with Gasteiger partial charge in [-0.1, -0.05) is 11.6 Å². The van der Waals surface area contributed by atoms with Crippen molar-refractivity contribution < 1.29 is 19.1 Å². The molecule has 3 N–H and O–H groups in total. The zero-order valence-corrected chi connectivity index (χ0v) is 14.1. The number of ketones is 1. The minimum atomic E-state index is -0.664. The van der Waals surface area contributed by atoms with Crippen LogP contribution in [-0.2, 0) is 9.53 Å². The molecule has 2 aromatic rings. The van der Waals surface area contributed by atoms with E-state index in [1.54, 1.807) is 25.1 Å². The van der Waals surface area contributed by atoms with Gasteiger partial charge in [0.25, 0.3) is 0 Å². The van der Waals surface area contributed by atoms with Crippen molar-refractivity contribution in [2.45, 2.75) is 12.8 Å². The van der Waals surface area contributed by atoms with E-state index < -0.39 is 12.6 Å². The van der Waals surface area contributed by atoms with Crippen molar-refractivity contribution in [3.05, 3.63) is 58.1 Å². The molecule has 1 heterocycles. The fraction of sp³-hybridized carbons (Fsp3) is 0.167. The Morgan fingerprint density at radius 1 is 1.20 bits per heavy atom. The van der Waals surface area contributed by atoms with E-state index in [9.17, 15) is 14.4 Å². The number of amides is 1. The summed E-state index contributed by atoms with van der Waals surface area (Å²) >= 11 is 5.80. The average Bonchev–Trinajstić information content (AvgIpc) is 2.88. The van der Waals surface area contributed by atoms with Gasteiger partial charge in [0, 0.05) is 11.3 Å². The molecule has 0 unspecified atom stereocenters. The van der Waals surface area contributed by atoms with Gasteiger partial charge < -0.3 is 15.8 Å². The van der Waals surface area contributed by atoms with Crippen molar-refractivity contribution >= 4 is 40.6 Å². The first kappa shape index (κ1) is 17.0. The fourth-order valence-electron chi connectivity index (χ4n) is 2.56. The van der Waals surface area contributed by atoms with Gasteiger partial charge in [0.05, 0.1) is 22.2 Å². The third kappa shape index (κ3) is 3.34. The number of benzene rings is 2. The number of hydrogen-bond acceptors (Lipinski definition) is 5. The number of Topliss-reactive ketones (excluding diaryl/α,β-unsaturated/α-hetero) is 1. The Hall–Kier alpha value is -2.86. The number of nitrogens with two attached hydrogens (primary N) is 1. The van der Waals surface area contributed by atoms with Crippen LogP contribution in [0, 0.1) is 0 Å². The summed E-state index contributed by atoms with van der Waals surface area (Å²) in [5, 5.41) is 3.07. The summed E-state index contributed by atoms with van der Waals surface area (Å²) in [4.78, 5) is 35.9. The number of nitrogens with one attached hydrogen (secondary N) is 1. The minimum absolute atomic E-state index is 0.105. The van der Waals surface area contributed by atoms with E-state index in [1.807, 2.05) is 0 Å². The molecule has 1 atom stereocenters. The smallest absolute Gasteiger partial charge is 0.338 e. The summed E-state index contributed by atoms with van der Waals surface area (Å²) in [5.41, 5.74) is 7.95. The number of esters is 1. The first-order valence-electron chi connectivity index (χ1n) is 7.57. The molecular weight excluding hydrogens is 344 g/mol. The Morgan fingerprint density at radius 2 is 1.92 bits per heavy atom. The summed E-state index contributed by atoms with van der Waals surface area (Å²) < 4.78 is 5.04. The molecule has 0 bridgehead atoms. The molecule has 7 heteroatoms. The van der Waals surface area contributed by atoms with Crippen LogP contribution < -0.4 is 11.1 Å². The highest BCUT2D eigenvalue weighted by Crippen LogP contribution is 2.32. The molecule has 25 heavy (non-hydrogen) atoms. The molecule has 6 nitrogen and oxygen atoms in total. The summed E-state index contributed by atoms with van der Waals surface area (Å²) in [7, 11) is 0. The lowest BCUT2D eigenvalue weighted by Gasteiger charge is -2.07. The second kappa shape index (κ2) is 6.57. The second-order valence-electron chi connectivity index (χ2n) is 5.75. The predicted molar refractivity (Wildman–Crippen MR) is 94.0 cm³/mol. The van der Waals surface area contributed by atoms with Crippen LogP contribution in [0.5, 0.6) is 0 Å². The Balaban J connectivity index is 1.68. The highest BCUT2D eigenvalue weighted by atomic mass is 35.5. The number of carbonyl (C=O) groups excluding carboxylic acids is 3. The van der Waals surface area contributed by atoms with E-state index in [4.69, 9.17) is 22.1 Å². The number of fused-ring (bicyclic) bond motifs is 1. The Kier molecular flexibility index (Phi) is 4.46. The molecule has 0 spiro atoms. The molecule has 1 amide bonds. The van der Waals surface area contributed by atoms with E-state index in [1.165, 1.54) is 18.2 Å². The Bertz CT molecular complexity index is 895. The highest BCUT2D eigenvalue weighted by molar-refractivity contribution is 6.33. The van der Waals surface area contributed by atoms with Gasteiger partial charge >= 0.3 is 5.97 Å². The topological polar surface area (TPSA) is 98.5 Å². The molecular formula is C18H15ClN2O4. The van der Waals surface area contributed by atoms with E-state index in [0.29, 0.717) is 16.3 Å². The van der Waals surface area contributed by atoms with Crippen molar-refractivity contribution in [3.63, 3.8) is 0 Å². The quantitative estimate of drug-likeness (QED) is 0.497. The molecule has 0 saturated carbocycles. The van der Waals surface area contributed by atoms with Gasteiger partial charge in [-0.15, -0.1) is 0 Å². The molecule has 1 aliphatic rings. The summed E-state index contributed by atoms with van der Waals surface area (Å²) in [6.45, 7) is 1.36. The molecule has 0 aromatic heterocycles. The third-order valence-corrected chi connectivity index (χ3v) is 4.40. The van der Waals surface area contributed by atoms with Crippen molar-refractivity contribution in [3.8, 4) is 0 Å². The molecule has 1 aliphatic heterocycles. The van der Waals surface area contributed by atoms with E-state index in [0.717, 1.165) is 5.56 Å². The van der Waals surface area contributed by atoms with E-state index >= 15 is 0 Å². The number of hydrogen-bond donors (Lipinski definition) is 2. The summed E-state index contributed by atoms with van der Waals surface area (Å²) in [6.07, 6.45) is 0. The van der Waals surface area contributed by atoms with Gasteiger partial charge in [-0.25, -0.2) is 4.79 Å². The molecule has 128 valence electrons. The van der Waals surface area contributed by atoms with E-state index in [-0.39, 0.29) is 28.9 Å². The maximum atomic E-state index is 12.3. The monoisotopic (exact) mass is 358 g/mol. The van der Waals surface area contributed by atoms with Gasteiger partial charge in [0.15, 0.2) is 12.4 Å². The lowest BCUT2D eigenvalue weighted by Crippen LogP contribution is -2.14. The SMILES string of the molecule is C[C@@H]1C(=O)Nc2ccc(C(=O)COC(=O)c3ccc(Cl)c(N)c3)cc21. The number of rotatable bonds is 4. The van der Waals surface area contributed by atoms with Crippen LogP contribution in [0.1, 0.15) is 39.1 Å². The van der Waals surface area contributed by atoms with Gasteiger partial charge in [-0.05, 0) is 48.9 Å². The van der Waals surface area contributed by atoms with Gasteiger partial charge in [0.2, 0.25) is 5.91 Å². The normalized spacial score (nSPS) is 15.4. The van der Waals surface area contributed by atoms with Crippen molar-refractivity contribution in [2.24, 2.45) is 0 Å². The number of anilines is 2. The van der Waals surface area contributed by atoms with Crippen LogP contribution in [-0.4, -0.2) is 24.3 Å². The van der Waals surface area contributed by atoms with Crippen LogP contribution >= 0.6 is 11.6 Å². The van der Waals surface area contributed by atoms with Crippen LogP contribution in [0.4, 0.5) is 11.4 Å². The Labute approximate surface area is 148 Å². The maximum absolute atomic E-state index is 12.3. The largest absolute Gasteiger partial charge is 0.454 e. The number of halogens is 1. The molecule has 0 fully saturated rings. The van der Waals surface area contributed by atoms with Crippen molar-refractivity contribution in [2.75, 3.05) is 17.7 Å². The minimum Gasteiger partial charge on any atom is -0.454 e. The number of carbonyl (C=O) groups is 3. The standard InChI is InChI=1S/C18H15ClN2O4/c1-9-12-6-10(3-5-15(12)21-17(9)23)16(22)8-25-18(24)11-2-4-13(19)14(20)7-11/h2-7,9H,8,20H2,1H3,(H,21,23)/t9-/m0/s1. The average molecular weight is 359 g/mol. The molecule has 0 aliphatic carbocycles. The van der Waals surface area contributed by atoms with Crippen LogP contribution in [0.3, 0.4) is 0 Å². The molecule has 3 rings (SSSR count). The summed E-state index contributed by atoms with van der Waals surface area (Å²) in [5.74, 6) is -1.44. The Morgan fingerprint density at radius 3 is 2.64 bits per heavy atom. The van der Waals surface area contributed by atoms with Gasteiger partial charge in [0.1, 0.15) is 0 Å². The lowest BCUT2D eigenvalue weighted by molar-refractivity contribution is -0.116. The van der Waals surface area contributed by atoms with Gasteiger partial charge in [-0.2, -0.15) is 0 Å². The number of nitrogen functional groups attached to an aromatic ring is 1. The third-order valence-electron chi connectivity index (χ3n) is 4.06. The van der Waals surface area contributed by atoms with Crippen LogP contribution in [0.2, 0.25) is 5.02 Å². The van der Waals surface area contributed by atoms with E-state index in [2.05, 4.69) is 5.32 Å². The second-order valence-corrected chi connectivity index (χ2v) is 6.16. The molecule has 2 aromatic carbocycles. The summed E-state index contributed by atoms with van der Waals surface area (Å²) in [6, 6.07) is 9.26. The fourth-order valence-corrected chi connectivity index (χ4v) is 2.68. The first-order chi connectivity index (χ1) is 11.9. The van der Waals surface area contributed by atoms with Gasteiger partial charge in [-0.3, -0.25) is 9.59 Å². The van der Waals surface area contributed by atoms with Crippen LogP contribution in [0.15, 0.2) is 36.4 Å². The number of ether oxygens (including phenoxy) is 1. The molecule has 0 radical (unpaired) electrons. The van der Waals surface area contributed by atoms with Crippen molar-refractivity contribution in [1.82, 2.24) is 0 Å². The zero-order chi connectivity index (χ0) is 18.1. The highest BCUT2D eigenvalue weighted by Gasteiger charge is 2.27. The predicted octanol–water partition coefficient (Wildman–Crippen LogP) is 3.02. The maximum Gasteiger partial charge on any atom is 0.338 e. The molecule has 0 saturated heterocycles. The first-order valence-corrected chi connectivity index (χ1v) is 7.95. The lowest BCUT2D eigenvalue weighted by atomic mass is 9.99.